The number of hydrogen-bond donors (Lipinski definition) is 3. The zero-order valence-electron chi connectivity index (χ0n) is 9.01. The summed E-state index contributed by atoms with van der Waals surface area (Å²) in [7, 11) is 0. The van der Waals surface area contributed by atoms with E-state index in [4.69, 9.17) is 5.11 Å². The molecule has 100 valence electrons. The van der Waals surface area contributed by atoms with Crippen LogP contribution in [0.3, 0.4) is 0 Å². The molecule has 0 saturated heterocycles. The summed E-state index contributed by atoms with van der Waals surface area (Å²) in [5.74, 6) is -1.05. The highest BCUT2D eigenvalue weighted by Crippen LogP contribution is 2.35. The van der Waals surface area contributed by atoms with Crippen LogP contribution in [-0.4, -0.2) is 24.3 Å². The topological polar surface area (TPSA) is 61.4 Å². The fourth-order valence-corrected chi connectivity index (χ4v) is 1.20. The van der Waals surface area contributed by atoms with Gasteiger partial charge in [-0.2, -0.15) is 13.2 Å². The smallest absolute Gasteiger partial charge is 0.395 e. The van der Waals surface area contributed by atoms with Gasteiger partial charge in [-0.15, -0.1) is 0 Å². The highest BCUT2D eigenvalue weighted by Gasteiger charge is 2.34. The third-order valence-electron chi connectivity index (χ3n) is 1.93. The Labute approximate surface area is 99.6 Å². The van der Waals surface area contributed by atoms with Crippen LogP contribution in [0.1, 0.15) is 5.56 Å². The Bertz CT molecular complexity index is 434. The summed E-state index contributed by atoms with van der Waals surface area (Å²) >= 11 is 0. The second-order valence-electron chi connectivity index (χ2n) is 3.29. The molecule has 3 N–H and O–H groups in total. The van der Waals surface area contributed by atoms with Crippen molar-refractivity contribution in [2.24, 2.45) is 0 Å². The summed E-state index contributed by atoms with van der Waals surface area (Å²) in [5.41, 5.74) is -1.83. The predicted octanol–water partition coefficient (Wildman–Crippen LogP) is 1.96. The van der Waals surface area contributed by atoms with Gasteiger partial charge >= 0.3 is 12.2 Å². The van der Waals surface area contributed by atoms with Gasteiger partial charge in [0.1, 0.15) is 5.82 Å². The highest BCUT2D eigenvalue weighted by molar-refractivity contribution is 5.90. The van der Waals surface area contributed by atoms with Gasteiger partial charge in [-0.1, -0.05) is 0 Å². The zero-order valence-corrected chi connectivity index (χ0v) is 9.01. The molecule has 1 aromatic rings. The van der Waals surface area contributed by atoms with Crippen molar-refractivity contribution in [3.8, 4) is 0 Å². The van der Waals surface area contributed by atoms with E-state index < -0.39 is 29.3 Å². The number of nitrogens with one attached hydrogen (secondary N) is 2. The molecule has 0 aliphatic carbocycles. The van der Waals surface area contributed by atoms with Crippen LogP contribution < -0.4 is 10.6 Å². The first-order valence-electron chi connectivity index (χ1n) is 4.87. The monoisotopic (exact) mass is 266 g/mol. The largest absolute Gasteiger partial charge is 0.418 e. The lowest BCUT2D eigenvalue weighted by Gasteiger charge is -2.14. The molecular formula is C10H10F4N2O2. The van der Waals surface area contributed by atoms with Crippen molar-refractivity contribution in [2.75, 3.05) is 18.5 Å². The van der Waals surface area contributed by atoms with Gasteiger partial charge in [0.2, 0.25) is 0 Å². The fraction of sp³-hybridized carbons (Fsp3) is 0.300. The first kappa shape index (κ1) is 14.2. The minimum atomic E-state index is -4.78. The first-order valence-corrected chi connectivity index (χ1v) is 4.87. The van der Waals surface area contributed by atoms with E-state index in [2.05, 4.69) is 5.32 Å². The average Bonchev–Trinajstić information content (AvgIpc) is 2.27. The molecule has 0 radical (unpaired) electrons. The number of hydrogen-bond acceptors (Lipinski definition) is 2. The van der Waals surface area contributed by atoms with E-state index in [1.807, 2.05) is 5.32 Å². The molecular weight excluding hydrogens is 256 g/mol. The molecule has 8 heteroatoms. The maximum absolute atomic E-state index is 12.8. The first-order chi connectivity index (χ1) is 8.34. The van der Waals surface area contributed by atoms with Gasteiger partial charge in [0, 0.05) is 6.54 Å². The number of rotatable bonds is 3. The number of carbonyl (C=O) groups excluding carboxylic acids is 1. The number of amides is 2. The summed E-state index contributed by atoms with van der Waals surface area (Å²) < 4.78 is 50.4. The summed E-state index contributed by atoms with van der Waals surface area (Å²) in [4.78, 5) is 11.1. The van der Waals surface area contributed by atoms with E-state index in [1.165, 1.54) is 0 Å². The Morgan fingerprint density at radius 3 is 2.56 bits per heavy atom. The van der Waals surface area contributed by atoms with Crippen LogP contribution >= 0.6 is 0 Å². The predicted molar refractivity (Wildman–Crippen MR) is 55.5 cm³/mol. The molecule has 0 atom stereocenters. The standard InChI is InChI=1S/C10H10F4N2O2/c11-6-1-2-8(7(5-6)10(12,13)14)16-9(18)15-3-4-17/h1-2,5,17H,3-4H2,(H2,15,16,18). The number of alkyl halides is 3. The number of urea groups is 1. The van der Waals surface area contributed by atoms with Crippen LogP contribution in [0.15, 0.2) is 18.2 Å². The van der Waals surface area contributed by atoms with Gasteiger partial charge in [0.25, 0.3) is 0 Å². The number of carbonyl (C=O) groups is 1. The van der Waals surface area contributed by atoms with Crippen LogP contribution in [0.4, 0.5) is 28.0 Å². The molecule has 2 amide bonds. The lowest BCUT2D eigenvalue weighted by atomic mass is 10.1. The summed E-state index contributed by atoms with van der Waals surface area (Å²) in [5, 5.41) is 12.5. The number of anilines is 1. The van der Waals surface area contributed by atoms with Crippen molar-refractivity contribution in [1.29, 1.82) is 0 Å². The molecule has 0 unspecified atom stereocenters. The SMILES string of the molecule is O=C(NCCO)Nc1ccc(F)cc1C(F)(F)F. The van der Waals surface area contributed by atoms with Crippen LogP contribution in [0.2, 0.25) is 0 Å². The molecule has 0 aliphatic heterocycles. The third kappa shape index (κ3) is 3.88. The molecule has 1 aromatic carbocycles. The molecule has 0 aromatic heterocycles. The van der Waals surface area contributed by atoms with Crippen molar-refractivity contribution in [1.82, 2.24) is 5.32 Å². The molecule has 0 bridgehead atoms. The quantitative estimate of drug-likeness (QED) is 0.732. The van der Waals surface area contributed by atoms with Gasteiger partial charge in [-0.05, 0) is 18.2 Å². The van der Waals surface area contributed by atoms with E-state index in [-0.39, 0.29) is 13.2 Å². The molecule has 4 nitrogen and oxygen atoms in total. The molecule has 0 spiro atoms. The van der Waals surface area contributed by atoms with Gasteiger partial charge in [0.15, 0.2) is 0 Å². The van der Waals surface area contributed by atoms with E-state index in [0.717, 1.165) is 12.1 Å². The fourth-order valence-electron chi connectivity index (χ4n) is 1.20. The van der Waals surface area contributed by atoms with Crippen LogP contribution in [0.25, 0.3) is 0 Å². The Kier molecular flexibility index (Phi) is 4.49. The summed E-state index contributed by atoms with van der Waals surface area (Å²) in [6.45, 7) is -0.447. The summed E-state index contributed by atoms with van der Waals surface area (Å²) in [6.07, 6.45) is -4.78. The molecule has 1 rings (SSSR count). The van der Waals surface area contributed by atoms with Crippen LogP contribution in [-0.2, 0) is 6.18 Å². The zero-order chi connectivity index (χ0) is 13.8. The molecule has 0 aliphatic rings. The Morgan fingerprint density at radius 2 is 2.00 bits per heavy atom. The number of halogens is 4. The van der Waals surface area contributed by atoms with Gasteiger partial charge < -0.3 is 15.7 Å². The van der Waals surface area contributed by atoms with Crippen LogP contribution in [0.5, 0.6) is 0 Å². The van der Waals surface area contributed by atoms with E-state index in [0.29, 0.717) is 6.07 Å². The Balaban J connectivity index is 2.92. The number of aliphatic hydroxyl groups is 1. The van der Waals surface area contributed by atoms with Gasteiger partial charge in [-0.25, -0.2) is 9.18 Å². The van der Waals surface area contributed by atoms with Crippen molar-refractivity contribution in [3.63, 3.8) is 0 Å². The van der Waals surface area contributed by atoms with Gasteiger partial charge in [-0.3, -0.25) is 0 Å². The summed E-state index contributed by atoms with van der Waals surface area (Å²) in [6, 6.07) is 0.996. The number of benzene rings is 1. The van der Waals surface area contributed by atoms with Crippen molar-refractivity contribution in [2.45, 2.75) is 6.18 Å². The Morgan fingerprint density at radius 1 is 1.33 bits per heavy atom. The molecule has 0 saturated carbocycles. The molecule has 0 fully saturated rings. The lowest BCUT2D eigenvalue weighted by molar-refractivity contribution is -0.137. The van der Waals surface area contributed by atoms with E-state index in [1.54, 1.807) is 0 Å². The van der Waals surface area contributed by atoms with Crippen molar-refractivity contribution in [3.05, 3.63) is 29.6 Å². The second-order valence-corrected chi connectivity index (χ2v) is 3.29. The van der Waals surface area contributed by atoms with Crippen molar-refractivity contribution < 1.29 is 27.5 Å². The maximum Gasteiger partial charge on any atom is 0.418 e. The Hall–Kier alpha value is -1.83. The maximum atomic E-state index is 12.8. The number of aliphatic hydroxyl groups excluding tert-OH is 1. The average molecular weight is 266 g/mol. The second kappa shape index (κ2) is 5.67. The molecule has 0 heterocycles. The molecule has 18 heavy (non-hydrogen) atoms. The van der Waals surface area contributed by atoms with E-state index >= 15 is 0 Å². The van der Waals surface area contributed by atoms with Gasteiger partial charge in [0.05, 0.1) is 17.9 Å². The minimum absolute atomic E-state index is 0.103. The van der Waals surface area contributed by atoms with Crippen LogP contribution in [0, 0.1) is 5.82 Å². The van der Waals surface area contributed by atoms with E-state index in [9.17, 15) is 22.4 Å². The third-order valence-corrected chi connectivity index (χ3v) is 1.93. The van der Waals surface area contributed by atoms with Crippen molar-refractivity contribution >= 4 is 11.7 Å². The minimum Gasteiger partial charge on any atom is -0.395 e. The lowest BCUT2D eigenvalue weighted by Crippen LogP contribution is -2.31. The normalized spacial score (nSPS) is 11.2. The highest BCUT2D eigenvalue weighted by atomic mass is 19.4.